The van der Waals surface area contributed by atoms with Crippen LogP contribution in [0, 0.1) is 0 Å². The number of amides is 1. The molecule has 0 spiro atoms. The lowest BCUT2D eigenvalue weighted by Gasteiger charge is -2.34. The smallest absolute Gasteiger partial charge is 0.223 e. The van der Waals surface area contributed by atoms with Crippen LogP contribution in [0.2, 0.25) is 0 Å². The zero-order chi connectivity index (χ0) is 18.7. The van der Waals surface area contributed by atoms with E-state index in [1.165, 1.54) is 0 Å². The second-order valence-electron chi connectivity index (χ2n) is 7.56. The van der Waals surface area contributed by atoms with Gasteiger partial charge in [0.1, 0.15) is 5.88 Å². The molecular formula is C18H29N3O3S. The van der Waals surface area contributed by atoms with Crippen LogP contribution < -0.4 is 5.73 Å². The summed E-state index contributed by atoms with van der Waals surface area (Å²) < 4.78 is 25.3. The van der Waals surface area contributed by atoms with Gasteiger partial charge >= 0.3 is 0 Å². The monoisotopic (exact) mass is 367 g/mol. The molecule has 0 aromatic heterocycles. The summed E-state index contributed by atoms with van der Waals surface area (Å²) in [4.78, 5) is 15.8. The lowest BCUT2D eigenvalue weighted by Crippen LogP contribution is -2.50. The van der Waals surface area contributed by atoms with Crippen molar-refractivity contribution in [1.82, 2.24) is 9.80 Å². The van der Waals surface area contributed by atoms with Crippen molar-refractivity contribution in [2.75, 3.05) is 38.6 Å². The Morgan fingerprint density at radius 2 is 1.64 bits per heavy atom. The standard InChI is InChI=1S/C18H29N3O3S/c1-18(2,3)15-4-6-16(7-5-15)25(23,24)14-20-10-12-21(13-11-20)17(22)8-9-19/h4-7H,8-14,19H2,1-3H3. The summed E-state index contributed by atoms with van der Waals surface area (Å²) in [6.45, 7) is 8.88. The number of hydrogen-bond donors (Lipinski definition) is 1. The zero-order valence-electron chi connectivity index (χ0n) is 15.4. The van der Waals surface area contributed by atoms with Gasteiger partial charge < -0.3 is 10.6 Å². The summed E-state index contributed by atoms with van der Waals surface area (Å²) in [5.41, 5.74) is 6.52. The van der Waals surface area contributed by atoms with Crippen LogP contribution in [0.25, 0.3) is 0 Å². The lowest BCUT2D eigenvalue weighted by atomic mass is 9.87. The summed E-state index contributed by atoms with van der Waals surface area (Å²) in [5, 5.41) is 0. The number of nitrogens with zero attached hydrogens (tertiary/aromatic N) is 2. The van der Waals surface area contributed by atoms with Crippen LogP contribution in [0.15, 0.2) is 29.2 Å². The highest BCUT2D eigenvalue weighted by Crippen LogP contribution is 2.24. The van der Waals surface area contributed by atoms with Crippen LogP contribution in [0.1, 0.15) is 32.8 Å². The summed E-state index contributed by atoms with van der Waals surface area (Å²) in [7, 11) is -3.37. The molecule has 7 heteroatoms. The van der Waals surface area contributed by atoms with E-state index in [2.05, 4.69) is 20.8 Å². The van der Waals surface area contributed by atoms with E-state index in [9.17, 15) is 13.2 Å². The van der Waals surface area contributed by atoms with E-state index in [1.807, 2.05) is 17.0 Å². The number of sulfone groups is 1. The van der Waals surface area contributed by atoms with Crippen LogP contribution in [0.5, 0.6) is 0 Å². The zero-order valence-corrected chi connectivity index (χ0v) is 16.2. The highest BCUT2D eigenvalue weighted by atomic mass is 32.2. The number of nitrogens with two attached hydrogens (primary N) is 1. The highest BCUT2D eigenvalue weighted by molar-refractivity contribution is 7.91. The molecule has 1 heterocycles. The van der Waals surface area contributed by atoms with Crippen LogP contribution in [-0.4, -0.2) is 62.7 Å². The van der Waals surface area contributed by atoms with Crippen molar-refractivity contribution < 1.29 is 13.2 Å². The average Bonchev–Trinajstić information content (AvgIpc) is 2.55. The predicted octanol–water partition coefficient (Wildman–Crippen LogP) is 1.21. The minimum Gasteiger partial charge on any atom is -0.340 e. The van der Waals surface area contributed by atoms with E-state index in [1.54, 1.807) is 17.0 Å². The van der Waals surface area contributed by atoms with Crippen LogP contribution in [0.3, 0.4) is 0 Å². The van der Waals surface area contributed by atoms with Crippen molar-refractivity contribution in [3.63, 3.8) is 0 Å². The second-order valence-corrected chi connectivity index (χ2v) is 9.51. The van der Waals surface area contributed by atoms with Crippen molar-refractivity contribution in [3.8, 4) is 0 Å². The first-order chi connectivity index (χ1) is 11.6. The highest BCUT2D eigenvalue weighted by Gasteiger charge is 2.25. The van der Waals surface area contributed by atoms with Gasteiger partial charge in [0.05, 0.1) is 4.90 Å². The molecule has 140 valence electrons. The average molecular weight is 368 g/mol. The summed E-state index contributed by atoms with van der Waals surface area (Å²) in [6.07, 6.45) is 0.346. The number of rotatable bonds is 5. The summed E-state index contributed by atoms with van der Waals surface area (Å²) >= 11 is 0. The maximum absolute atomic E-state index is 12.6. The Morgan fingerprint density at radius 1 is 1.08 bits per heavy atom. The van der Waals surface area contributed by atoms with Gasteiger partial charge in [-0.25, -0.2) is 8.42 Å². The quantitative estimate of drug-likeness (QED) is 0.846. The molecular weight excluding hydrogens is 338 g/mol. The van der Waals surface area contributed by atoms with Gasteiger partial charge in [-0.05, 0) is 23.1 Å². The molecule has 25 heavy (non-hydrogen) atoms. The Hall–Kier alpha value is -1.44. The molecule has 0 radical (unpaired) electrons. The van der Waals surface area contributed by atoms with Gasteiger partial charge in [-0.15, -0.1) is 0 Å². The Kier molecular flexibility index (Phi) is 6.24. The molecule has 0 bridgehead atoms. The van der Waals surface area contributed by atoms with Gasteiger partial charge in [0, 0.05) is 39.1 Å². The molecule has 6 nitrogen and oxygen atoms in total. The molecule has 1 fully saturated rings. The van der Waals surface area contributed by atoms with Crippen molar-refractivity contribution in [3.05, 3.63) is 29.8 Å². The van der Waals surface area contributed by atoms with Gasteiger partial charge in [-0.2, -0.15) is 0 Å². The number of piperazine rings is 1. The van der Waals surface area contributed by atoms with Crippen LogP contribution in [0.4, 0.5) is 0 Å². The maximum Gasteiger partial charge on any atom is 0.223 e. The first-order valence-corrected chi connectivity index (χ1v) is 10.3. The molecule has 0 atom stereocenters. The minimum absolute atomic E-state index is 0.00527. The molecule has 1 aliphatic heterocycles. The van der Waals surface area contributed by atoms with Gasteiger partial charge in [0.25, 0.3) is 0 Å². The fourth-order valence-corrected chi connectivity index (χ4v) is 4.32. The fraction of sp³-hybridized carbons (Fsp3) is 0.611. The third-order valence-corrected chi connectivity index (χ3v) is 6.21. The van der Waals surface area contributed by atoms with E-state index >= 15 is 0 Å². The number of benzene rings is 1. The Balaban J connectivity index is 1.97. The van der Waals surface area contributed by atoms with Crippen LogP contribution in [-0.2, 0) is 20.0 Å². The fourth-order valence-electron chi connectivity index (χ4n) is 2.89. The van der Waals surface area contributed by atoms with Crippen molar-refractivity contribution >= 4 is 15.7 Å². The molecule has 1 aromatic carbocycles. The Morgan fingerprint density at radius 3 is 2.12 bits per heavy atom. The van der Waals surface area contributed by atoms with Crippen molar-refractivity contribution in [2.45, 2.75) is 37.5 Å². The molecule has 0 unspecified atom stereocenters. The molecule has 2 rings (SSSR count). The second kappa shape index (κ2) is 7.85. The largest absolute Gasteiger partial charge is 0.340 e. The molecule has 0 saturated carbocycles. The first kappa shape index (κ1) is 19.9. The van der Waals surface area contributed by atoms with E-state index in [-0.39, 0.29) is 17.2 Å². The van der Waals surface area contributed by atoms with Gasteiger partial charge in [-0.1, -0.05) is 32.9 Å². The van der Waals surface area contributed by atoms with E-state index in [0.29, 0.717) is 44.0 Å². The van der Waals surface area contributed by atoms with E-state index in [0.717, 1.165) is 5.56 Å². The van der Waals surface area contributed by atoms with Crippen molar-refractivity contribution in [1.29, 1.82) is 0 Å². The maximum atomic E-state index is 12.6. The molecule has 1 saturated heterocycles. The Labute approximate surface area is 150 Å². The predicted molar refractivity (Wildman–Crippen MR) is 99.0 cm³/mol. The van der Waals surface area contributed by atoms with Crippen LogP contribution >= 0.6 is 0 Å². The molecule has 2 N–H and O–H groups in total. The van der Waals surface area contributed by atoms with E-state index in [4.69, 9.17) is 5.73 Å². The van der Waals surface area contributed by atoms with Crippen molar-refractivity contribution in [2.24, 2.45) is 5.73 Å². The molecule has 1 aliphatic rings. The van der Waals surface area contributed by atoms with Gasteiger partial charge in [0.2, 0.25) is 5.91 Å². The van der Waals surface area contributed by atoms with E-state index < -0.39 is 9.84 Å². The third kappa shape index (κ3) is 5.26. The normalized spacial score (nSPS) is 16.9. The van der Waals surface area contributed by atoms with Gasteiger partial charge in [-0.3, -0.25) is 9.69 Å². The number of carbonyl (C=O) groups excluding carboxylic acids is 1. The topological polar surface area (TPSA) is 83.7 Å². The van der Waals surface area contributed by atoms with Gasteiger partial charge in [0.15, 0.2) is 9.84 Å². The SMILES string of the molecule is CC(C)(C)c1ccc(S(=O)(=O)CN2CCN(C(=O)CCN)CC2)cc1. The lowest BCUT2D eigenvalue weighted by molar-refractivity contribution is -0.132. The molecule has 0 aliphatic carbocycles. The number of hydrogen-bond acceptors (Lipinski definition) is 5. The first-order valence-electron chi connectivity index (χ1n) is 8.67. The minimum atomic E-state index is -3.37. The molecule has 1 amide bonds. The third-order valence-electron chi connectivity index (χ3n) is 4.52. The number of carbonyl (C=O) groups is 1. The summed E-state index contributed by atoms with van der Waals surface area (Å²) in [6, 6.07) is 7.15. The summed E-state index contributed by atoms with van der Waals surface area (Å²) in [5.74, 6) is 0.0311. The molecule has 1 aromatic rings. The Bertz CT molecular complexity index is 685.